The highest BCUT2D eigenvalue weighted by atomic mass is 32.2. The predicted molar refractivity (Wildman–Crippen MR) is 113 cm³/mol. The zero-order valence-corrected chi connectivity index (χ0v) is 18.7. The van der Waals surface area contributed by atoms with E-state index in [9.17, 15) is 27.5 Å². The third-order valence-electron chi connectivity index (χ3n) is 6.41. The Morgan fingerprint density at radius 2 is 1.97 bits per heavy atom. The number of hydrogen-bond donors (Lipinski definition) is 2. The van der Waals surface area contributed by atoms with Crippen LogP contribution in [0, 0.1) is 5.82 Å². The molecule has 0 atom stereocenters. The molecule has 2 N–H and O–H groups in total. The quantitative estimate of drug-likeness (QED) is 0.691. The summed E-state index contributed by atoms with van der Waals surface area (Å²) in [5, 5.41) is 12.9. The van der Waals surface area contributed by atoms with E-state index in [0.29, 0.717) is 12.4 Å². The first-order valence-corrected chi connectivity index (χ1v) is 11.8. The molecule has 2 heterocycles. The monoisotopic (exact) mass is 464 g/mol. The van der Waals surface area contributed by atoms with E-state index in [1.54, 1.807) is 0 Å². The average molecular weight is 465 g/mol. The Kier molecular flexibility index (Phi) is 5.58. The Balaban J connectivity index is 1.65. The summed E-state index contributed by atoms with van der Waals surface area (Å²) in [7, 11) is -1.32. The number of benzene rings is 1. The van der Waals surface area contributed by atoms with Crippen LogP contribution < -0.4 is 10.9 Å². The molecular weight excluding hydrogens is 439 g/mol. The first-order chi connectivity index (χ1) is 15.1. The topological polar surface area (TPSA) is 122 Å². The highest BCUT2D eigenvalue weighted by molar-refractivity contribution is 7.89. The van der Waals surface area contributed by atoms with E-state index in [1.807, 2.05) is 0 Å². The maximum absolute atomic E-state index is 13.7. The van der Waals surface area contributed by atoms with Crippen LogP contribution in [0.4, 0.5) is 4.39 Å². The molecule has 4 rings (SSSR count). The molecule has 1 aliphatic heterocycles. The van der Waals surface area contributed by atoms with Crippen LogP contribution in [0.15, 0.2) is 27.9 Å². The zero-order valence-electron chi connectivity index (χ0n) is 17.9. The lowest BCUT2D eigenvalue weighted by Gasteiger charge is -2.45. The fraction of sp³-hybridized carbons (Fsp3) is 0.476. The molecule has 9 nitrogen and oxygen atoms in total. The van der Waals surface area contributed by atoms with Gasteiger partial charge in [0.05, 0.1) is 4.90 Å². The number of carbonyl (C=O) groups is 1. The van der Waals surface area contributed by atoms with Crippen molar-refractivity contribution in [1.82, 2.24) is 19.2 Å². The Bertz CT molecular complexity index is 1250. The van der Waals surface area contributed by atoms with E-state index in [2.05, 4.69) is 10.3 Å². The van der Waals surface area contributed by atoms with Crippen LogP contribution in [0.1, 0.15) is 54.0 Å². The van der Waals surface area contributed by atoms with Crippen molar-refractivity contribution < 1.29 is 22.7 Å². The molecule has 0 radical (unpaired) electrons. The van der Waals surface area contributed by atoms with Crippen molar-refractivity contribution in [3.05, 3.63) is 51.5 Å². The van der Waals surface area contributed by atoms with Gasteiger partial charge in [0.2, 0.25) is 15.8 Å². The minimum atomic E-state index is -3.96. The summed E-state index contributed by atoms with van der Waals surface area (Å²) in [6.07, 6.45) is 4.48. The minimum absolute atomic E-state index is 0.165. The summed E-state index contributed by atoms with van der Waals surface area (Å²) < 4.78 is 41.2. The number of hydrogen-bond acceptors (Lipinski definition) is 6. The molecule has 0 unspecified atom stereocenters. The number of amides is 1. The molecule has 32 heavy (non-hydrogen) atoms. The Hall–Kier alpha value is -2.79. The summed E-state index contributed by atoms with van der Waals surface area (Å²) in [6, 6.07) is 3.25. The number of aromatic nitrogens is 2. The highest BCUT2D eigenvalue weighted by Gasteiger charge is 2.45. The van der Waals surface area contributed by atoms with Crippen molar-refractivity contribution in [3.63, 3.8) is 0 Å². The zero-order chi connectivity index (χ0) is 23.3. The first kappa shape index (κ1) is 22.4. The molecule has 1 spiro atoms. The van der Waals surface area contributed by atoms with Crippen molar-refractivity contribution >= 4 is 15.9 Å². The van der Waals surface area contributed by atoms with Gasteiger partial charge in [-0.2, -0.15) is 0 Å². The van der Waals surface area contributed by atoms with Crippen molar-refractivity contribution in [2.75, 3.05) is 14.1 Å². The minimum Gasteiger partial charge on any atom is -0.501 e. The van der Waals surface area contributed by atoms with Gasteiger partial charge < -0.3 is 10.4 Å². The van der Waals surface area contributed by atoms with Gasteiger partial charge in [-0.3, -0.25) is 14.2 Å². The predicted octanol–water partition coefficient (Wildman–Crippen LogP) is 1.48. The summed E-state index contributed by atoms with van der Waals surface area (Å²) in [6.45, 7) is 0.186. The Morgan fingerprint density at radius 3 is 2.59 bits per heavy atom. The third-order valence-corrected chi connectivity index (χ3v) is 8.31. The summed E-state index contributed by atoms with van der Waals surface area (Å²) in [5.41, 5.74) is -1.10. The normalized spacial score (nSPS) is 17.1. The first-order valence-electron chi connectivity index (χ1n) is 10.4. The molecule has 11 heteroatoms. The number of nitrogens with one attached hydrogen (secondary N) is 1. The SMILES string of the molecule is CN(C)S(=O)(=O)c1cc(F)ccc1CNC(=O)c1nc2n(c(=O)c1O)CCCC21CCC1. The van der Waals surface area contributed by atoms with Gasteiger partial charge in [-0.1, -0.05) is 12.5 Å². The van der Waals surface area contributed by atoms with Crippen LogP contribution in [-0.4, -0.2) is 47.4 Å². The van der Waals surface area contributed by atoms with Gasteiger partial charge in [0.25, 0.3) is 11.5 Å². The standard InChI is InChI=1S/C21H25FN4O5S/c1-25(2)32(30,31)15-11-14(22)6-5-13(15)12-23-18(28)16-17(27)19(29)26-10-4-9-21(7-3-8-21)20(26)24-16/h5-6,11,27H,3-4,7-10,12H2,1-2H3,(H,23,28). The molecule has 0 saturated heterocycles. The van der Waals surface area contributed by atoms with Crippen LogP contribution in [-0.2, 0) is 28.5 Å². The van der Waals surface area contributed by atoms with Crippen LogP contribution in [0.2, 0.25) is 0 Å². The molecule has 0 bridgehead atoms. The number of aromatic hydroxyl groups is 1. The number of nitrogens with zero attached hydrogens (tertiary/aromatic N) is 3. The summed E-state index contributed by atoms with van der Waals surface area (Å²) in [4.78, 5) is 29.7. The maximum Gasteiger partial charge on any atom is 0.296 e. The molecule has 2 aromatic rings. The second kappa shape index (κ2) is 7.96. The van der Waals surface area contributed by atoms with Crippen LogP contribution in [0.3, 0.4) is 0 Å². The van der Waals surface area contributed by atoms with Gasteiger partial charge >= 0.3 is 0 Å². The van der Waals surface area contributed by atoms with E-state index in [-0.39, 0.29) is 28.1 Å². The largest absolute Gasteiger partial charge is 0.501 e. The van der Waals surface area contributed by atoms with E-state index in [0.717, 1.165) is 48.5 Å². The van der Waals surface area contributed by atoms with Gasteiger partial charge in [-0.25, -0.2) is 22.1 Å². The van der Waals surface area contributed by atoms with Crippen molar-refractivity contribution in [2.24, 2.45) is 0 Å². The van der Waals surface area contributed by atoms with Gasteiger partial charge in [0.1, 0.15) is 11.6 Å². The third kappa shape index (κ3) is 3.58. The molecule has 1 saturated carbocycles. The van der Waals surface area contributed by atoms with Crippen LogP contribution in [0.5, 0.6) is 5.75 Å². The van der Waals surface area contributed by atoms with E-state index < -0.39 is 33.1 Å². The number of fused-ring (bicyclic) bond motifs is 2. The molecule has 1 amide bonds. The average Bonchev–Trinajstić information content (AvgIpc) is 2.73. The molecule has 1 aliphatic carbocycles. The van der Waals surface area contributed by atoms with Gasteiger partial charge in [0, 0.05) is 32.6 Å². The Morgan fingerprint density at radius 1 is 1.28 bits per heavy atom. The molecule has 1 fully saturated rings. The molecular formula is C21H25FN4O5S. The molecule has 2 aliphatic rings. The van der Waals surface area contributed by atoms with E-state index >= 15 is 0 Å². The number of halogens is 1. The summed E-state index contributed by atoms with van der Waals surface area (Å²) in [5.74, 6) is -1.74. The summed E-state index contributed by atoms with van der Waals surface area (Å²) >= 11 is 0. The van der Waals surface area contributed by atoms with Crippen molar-refractivity contribution in [2.45, 2.75) is 55.5 Å². The van der Waals surface area contributed by atoms with Crippen molar-refractivity contribution in [3.8, 4) is 5.75 Å². The van der Waals surface area contributed by atoms with Crippen molar-refractivity contribution in [1.29, 1.82) is 0 Å². The lowest BCUT2D eigenvalue weighted by atomic mass is 9.64. The smallest absolute Gasteiger partial charge is 0.296 e. The highest BCUT2D eigenvalue weighted by Crippen LogP contribution is 2.48. The Labute approximate surface area is 184 Å². The number of rotatable bonds is 5. The number of sulfonamides is 1. The lowest BCUT2D eigenvalue weighted by Crippen LogP contribution is -2.45. The fourth-order valence-electron chi connectivity index (χ4n) is 4.45. The number of carbonyl (C=O) groups excluding carboxylic acids is 1. The lowest BCUT2D eigenvalue weighted by molar-refractivity contribution is 0.0937. The molecule has 1 aromatic heterocycles. The van der Waals surface area contributed by atoms with Gasteiger partial charge in [0.15, 0.2) is 5.69 Å². The molecule has 1 aromatic carbocycles. The molecule has 172 valence electrons. The van der Waals surface area contributed by atoms with Crippen LogP contribution in [0.25, 0.3) is 0 Å². The maximum atomic E-state index is 13.7. The van der Waals surface area contributed by atoms with E-state index in [1.165, 1.54) is 24.7 Å². The second-order valence-corrected chi connectivity index (χ2v) is 10.7. The second-order valence-electron chi connectivity index (χ2n) is 8.55. The fourth-order valence-corrected chi connectivity index (χ4v) is 5.58. The van der Waals surface area contributed by atoms with Gasteiger partial charge in [-0.05, 0) is 43.4 Å². The van der Waals surface area contributed by atoms with Gasteiger partial charge in [-0.15, -0.1) is 0 Å². The van der Waals surface area contributed by atoms with E-state index in [4.69, 9.17) is 0 Å². The van der Waals surface area contributed by atoms with Crippen LogP contribution >= 0.6 is 0 Å².